The van der Waals surface area contributed by atoms with Crippen LogP contribution >= 0.6 is 15.9 Å². The molecule has 1 rings (SSSR count). The lowest BCUT2D eigenvalue weighted by Crippen LogP contribution is -1.97. The summed E-state index contributed by atoms with van der Waals surface area (Å²) in [6.07, 6.45) is 0. The minimum absolute atomic E-state index is 0.0217. The smallest absolute Gasteiger partial charge is 0.314 e. The van der Waals surface area contributed by atoms with E-state index in [-0.39, 0.29) is 10.2 Å². The zero-order chi connectivity index (χ0) is 10.7. The van der Waals surface area contributed by atoms with Crippen LogP contribution in [0, 0.1) is 15.9 Å². The molecule has 14 heavy (non-hydrogen) atoms. The first kappa shape index (κ1) is 10.8. The van der Waals surface area contributed by atoms with Crippen molar-refractivity contribution in [1.82, 2.24) is 0 Å². The molecule has 4 nitrogen and oxygen atoms in total. The number of nitro groups is 1. The molecule has 1 aromatic rings. The van der Waals surface area contributed by atoms with Gasteiger partial charge in [-0.2, -0.15) is 0 Å². The number of nitro benzene ring substituents is 1. The van der Waals surface area contributed by atoms with Gasteiger partial charge in [-0.05, 0) is 15.9 Å². The second kappa shape index (κ2) is 4.32. The summed E-state index contributed by atoms with van der Waals surface area (Å²) in [4.78, 5) is 9.53. The van der Waals surface area contributed by atoms with Gasteiger partial charge in [-0.3, -0.25) is 10.1 Å². The Hall–Kier alpha value is -1.24. The average molecular weight is 268 g/mol. The number of hydrogen-bond acceptors (Lipinski definition) is 3. The number of rotatable bonds is 3. The van der Waals surface area contributed by atoms with Crippen molar-refractivity contribution in [2.45, 2.75) is 0 Å². The van der Waals surface area contributed by atoms with Gasteiger partial charge in [0.2, 0.25) is 12.6 Å². The Labute approximate surface area is 85.8 Å². The van der Waals surface area contributed by atoms with Crippen LogP contribution in [0.3, 0.4) is 0 Å². The van der Waals surface area contributed by atoms with Crippen LogP contribution in [0.1, 0.15) is 0 Å². The van der Waals surface area contributed by atoms with Gasteiger partial charge in [0.1, 0.15) is 5.82 Å². The van der Waals surface area contributed by atoms with E-state index in [9.17, 15) is 18.9 Å². The minimum Gasteiger partial charge on any atom is -0.456 e. The molecule has 1 aromatic carbocycles. The van der Waals surface area contributed by atoms with E-state index in [1.807, 2.05) is 0 Å². The molecule has 0 saturated heterocycles. The van der Waals surface area contributed by atoms with Gasteiger partial charge >= 0.3 is 5.69 Å². The van der Waals surface area contributed by atoms with Gasteiger partial charge in [-0.1, -0.05) is 0 Å². The summed E-state index contributed by atoms with van der Waals surface area (Å²) in [5.74, 6) is -1.12. The average Bonchev–Trinajstić information content (AvgIpc) is 2.11. The maximum absolute atomic E-state index is 12.9. The van der Waals surface area contributed by atoms with Crippen molar-refractivity contribution in [3.63, 3.8) is 0 Å². The fourth-order valence-electron chi connectivity index (χ4n) is 0.835. The van der Waals surface area contributed by atoms with Crippen molar-refractivity contribution in [3.8, 4) is 5.75 Å². The minimum atomic E-state index is -1.21. The van der Waals surface area contributed by atoms with Gasteiger partial charge in [0.15, 0.2) is 0 Å². The first-order chi connectivity index (χ1) is 6.56. The molecule has 0 spiro atoms. The van der Waals surface area contributed by atoms with Crippen LogP contribution in [0.2, 0.25) is 0 Å². The lowest BCUT2D eigenvalue weighted by atomic mass is 10.3. The standard InChI is InChI=1S/C7H4BrF2NO3/c8-4-1-7(14-3-9)6(11(12)13)2-5(4)10/h1-2H,3H2. The van der Waals surface area contributed by atoms with E-state index in [1.54, 1.807) is 0 Å². The highest BCUT2D eigenvalue weighted by atomic mass is 79.9. The highest BCUT2D eigenvalue weighted by molar-refractivity contribution is 9.10. The molecule has 76 valence electrons. The molecule has 0 fully saturated rings. The largest absolute Gasteiger partial charge is 0.456 e. The molecule has 0 radical (unpaired) electrons. The van der Waals surface area contributed by atoms with Crippen molar-refractivity contribution < 1.29 is 18.4 Å². The monoisotopic (exact) mass is 267 g/mol. The van der Waals surface area contributed by atoms with E-state index in [1.165, 1.54) is 0 Å². The molecule has 0 aliphatic carbocycles. The van der Waals surface area contributed by atoms with Gasteiger partial charge in [0.25, 0.3) is 0 Å². The Morgan fingerprint density at radius 1 is 1.57 bits per heavy atom. The van der Waals surface area contributed by atoms with Gasteiger partial charge in [0.05, 0.1) is 15.5 Å². The Morgan fingerprint density at radius 2 is 2.21 bits per heavy atom. The summed E-state index contributed by atoms with van der Waals surface area (Å²) in [5, 5.41) is 10.4. The number of benzene rings is 1. The summed E-state index contributed by atoms with van der Waals surface area (Å²) in [7, 11) is 0. The third-order valence-electron chi connectivity index (χ3n) is 1.41. The van der Waals surface area contributed by atoms with Crippen molar-refractivity contribution in [3.05, 3.63) is 32.5 Å². The highest BCUT2D eigenvalue weighted by Gasteiger charge is 2.18. The molecule has 0 aromatic heterocycles. The third kappa shape index (κ3) is 2.16. The van der Waals surface area contributed by atoms with Crippen molar-refractivity contribution >= 4 is 21.6 Å². The van der Waals surface area contributed by atoms with Crippen LogP contribution in [0.25, 0.3) is 0 Å². The molecule has 7 heteroatoms. The Kier molecular flexibility index (Phi) is 3.34. The molecule has 0 unspecified atom stereocenters. The summed E-state index contributed by atoms with van der Waals surface area (Å²) >= 11 is 2.80. The molecule has 0 heterocycles. The second-order valence-corrected chi connectivity index (χ2v) is 3.10. The Bertz CT molecular complexity index is 372. The van der Waals surface area contributed by atoms with Crippen LogP contribution in [-0.4, -0.2) is 11.8 Å². The van der Waals surface area contributed by atoms with Gasteiger partial charge in [-0.15, -0.1) is 0 Å². The van der Waals surface area contributed by atoms with Crippen LogP contribution in [0.15, 0.2) is 16.6 Å². The second-order valence-electron chi connectivity index (χ2n) is 2.24. The molecular formula is C7H4BrF2NO3. The molecule has 0 N–H and O–H groups in total. The topological polar surface area (TPSA) is 52.4 Å². The number of ether oxygens (including phenoxy) is 1. The predicted molar refractivity (Wildman–Crippen MR) is 47.4 cm³/mol. The third-order valence-corrected chi connectivity index (χ3v) is 2.02. The first-order valence-corrected chi connectivity index (χ1v) is 4.17. The van der Waals surface area contributed by atoms with E-state index < -0.39 is 23.3 Å². The zero-order valence-corrected chi connectivity index (χ0v) is 8.25. The quantitative estimate of drug-likeness (QED) is 0.625. The molecule has 0 aliphatic heterocycles. The summed E-state index contributed by atoms with van der Waals surface area (Å²) in [6, 6.07) is 1.67. The summed E-state index contributed by atoms with van der Waals surface area (Å²) in [6.45, 7) is -1.21. The van der Waals surface area contributed by atoms with E-state index in [0.29, 0.717) is 6.07 Å². The zero-order valence-electron chi connectivity index (χ0n) is 6.67. The van der Waals surface area contributed by atoms with Crippen molar-refractivity contribution in [2.24, 2.45) is 0 Å². The lowest BCUT2D eigenvalue weighted by Gasteiger charge is -2.03. The molecule has 0 atom stereocenters. The molecular weight excluding hydrogens is 264 g/mol. The van der Waals surface area contributed by atoms with Gasteiger partial charge in [-0.25, -0.2) is 8.78 Å². The Morgan fingerprint density at radius 3 is 2.71 bits per heavy atom. The number of hydrogen-bond donors (Lipinski definition) is 0. The van der Waals surface area contributed by atoms with E-state index in [4.69, 9.17) is 0 Å². The van der Waals surface area contributed by atoms with Crippen molar-refractivity contribution in [1.29, 1.82) is 0 Å². The first-order valence-electron chi connectivity index (χ1n) is 3.38. The number of halogens is 3. The number of nitrogens with zero attached hydrogens (tertiary/aromatic N) is 1. The normalized spacial score (nSPS) is 9.93. The predicted octanol–water partition coefficient (Wildman–Crippen LogP) is 2.80. The van der Waals surface area contributed by atoms with Crippen LogP contribution in [0.5, 0.6) is 5.75 Å². The van der Waals surface area contributed by atoms with Crippen molar-refractivity contribution in [2.75, 3.05) is 6.86 Å². The van der Waals surface area contributed by atoms with Crippen LogP contribution < -0.4 is 4.74 Å². The number of alkyl halides is 1. The Balaban J connectivity index is 3.24. The fraction of sp³-hybridized carbons (Fsp3) is 0.143. The lowest BCUT2D eigenvalue weighted by molar-refractivity contribution is -0.386. The molecule has 0 bridgehead atoms. The highest BCUT2D eigenvalue weighted by Crippen LogP contribution is 2.32. The van der Waals surface area contributed by atoms with E-state index >= 15 is 0 Å². The SMILES string of the molecule is O=[N+]([O-])c1cc(F)c(Br)cc1OCF. The summed E-state index contributed by atoms with van der Waals surface area (Å²) < 4.78 is 29.0. The molecule has 0 amide bonds. The van der Waals surface area contributed by atoms with E-state index in [2.05, 4.69) is 20.7 Å². The van der Waals surface area contributed by atoms with Gasteiger partial charge in [0, 0.05) is 6.07 Å². The maximum Gasteiger partial charge on any atom is 0.314 e. The van der Waals surface area contributed by atoms with Crippen LogP contribution in [0.4, 0.5) is 14.5 Å². The maximum atomic E-state index is 12.9. The summed E-state index contributed by atoms with van der Waals surface area (Å²) in [5.41, 5.74) is -0.608. The molecule has 0 aliphatic rings. The van der Waals surface area contributed by atoms with E-state index in [0.717, 1.165) is 6.07 Å². The molecule has 0 saturated carbocycles. The fourth-order valence-corrected chi connectivity index (χ4v) is 1.16. The van der Waals surface area contributed by atoms with Crippen LogP contribution in [-0.2, 0) is 0 Å². The van der Waals surface area contributed by atoms with Gasteiger partial charge < -0.3 is 4.74 Å².